The van der Waals surface area contributed by atoms with Crippen LogP contribution in [-0.2, 0) is 4.79 Å². The fraction of sp³-hybridized carbons (Fsp3) is 0.400. The lowest BCUT2D eigenvalue weighted by Crippen LogP contribution is -1.96. The second-order valence-corrected chi connectivity index (χ2v) is 4.97. The molecule has 0 atom stereocenters. The molecule has 0 aromatic carbocycles. The molecule has 0 amide bonds. The number of thioether (sulfide) groups is 2. The second-order valence-electron chi connectivity index (χ2n) is 1.72. The molecule has 0 aliphatic rings. The quantitative estimate of drug-likeness (QED) is 0.778. The molecule has 0 radical (unpaired) electrons. The first kappa shape index (κ1) is 9.82. The SMILES string of the molecule is CSc1nnc(SCC(=O)O)s1. The third-order valence-electron chi connectivity index (χ3n) is 0.882. The summed E-state index contributed by atoms with van der Waals surface area (Å²) in [5, 5.41) is 16.0. The molecule has 0 spiro atoms. The Morgan fingerprint density at radius 1 is 1.58 bits per heavy atom. The van der Waals surface area contributed by atoms with Crippen molar-refractivity contribution >= 4 is 40.8 Å². The van der Waals surface area contributed by atoms with Crippen molar-refractivity contribution in [2.24, 2.45) is 0 Å². The molecule has 0 aliphatic carbocycles. The van der Waals surface area contributed by atoms with E-state index in [1.807, 2.05) is 6.26 Å². The van der Waals surface area contributed by atoms with Gasteiger partial charge in [-0.2, -0.15) is 0 Å². The van der Waals surface area contributed by atoms with Crippen molar-refractivity contribution in [3.8, 4) is 0 Å². The van der Waals surface area contributed by atoms with Gasteiger partial charge in [0.2, 0.25) is 0 Å². The smallest absolute Gasteiger partial charge is 0.313 e. The Bertz CT molecular complexity index is 275. The molecular formula is C5H6N2O2S3. The number of hydrogen-bond acceptors (Lipinski definition) is 6. The molecule has 0 bridgehead atoms. The lowest BCUT2D eigenvalue weighted by Gasteiger charge is -1.87. The van der Waals surface area contributed by atoms with E-state index in [0.717, 1.165) is 4.34 Å². The van der Waals surface area contributed by atoms with Gasteiger partial charge in [0, 0.05) is 0 Å². The Kier molecular flexibility index (Phi) is 3.83. The predicted octanol–water partition coefficient (Wildman–Crippen LogP) is 1.44. The number of hydrogen-bond donors (Lipinski definition) is 1. The van der Waals surface area contributed by atoms with Gasteiger partial charge >= 0.3 is 5.97 Å². The van der Waals surface area contributed by atoms with Crippen molar-refractivity contribution in [2.75, 3.05) is 12.0 Å². The van der Waals surface area contributed by atoms with Gasteiger partial charge in [-0.1, -0.05) is 34.9 Å². The molecule has 1 N–H and O–H groups in total. The first-order valence-corrected chi connectivity index (χ1v) is 5.97. The molecule has 0 aliphatic heterocycles. The Morgan fingerprint density at radius 3 is 2.75 bits per heavy atom. The monoisotopic (exact) mass is 222 g/mol. The van der Waals surface area contributed by atoms with Crippen LogP contribution in [-0.4, -0.2) is 33.3 Å². The molecule has 7 heteroatoms. The Morgan fingerprint density at radius 2 is 2.25 bits per heavy atom. The number of carboxylic acid groups (broad SMARTS) is 1. The highest BCUT2D eigenvalue weighted by Crippen LogP contribution is 2.26. The molecule has 1 rings (SSSR count). The number of carboxylic acids is 1. The van der Waals surface area contributed by atoms with Gasteiger partial charge < -0.3 is 5.11 Å². The molecule has 1 heterocycles. The van der Waals surface area contributed by atoms with Crippen LogP contribution in [0.15, 0.2) is 8.68 Å². The Hall–Kier alpha value is -0.270. The van der Waals surface area contributed by atoms with Gasteiger partial charge in [0.1, 0.15) is 0 Å². The summed E-state index contributed by atoms with van der Waals surface area (Å²) in [6.45, 7) is 0. The number of rotatable bonds is 4. The maximum Gasteiger partial charge on any atom is 0.313 e. The van der Waals surface area contributed by atoms with Crippen LogP contribution < -0.4 is 0 Å². The summed E-state index contributed by atoms with van der Waals surface area (Å²) in [5.74, 6) is -0.788. The van der Waals surface area contributed by atoms with Crippen LogP contribution in [0.5, 0.6) is 0 Å². The summed E-state index contributed by atoms with van der Waals surface area (Å²) in [6, 6.07) is 0. The molecule has 0 unspecified atom stereocenters. The van der Waals surface area contributed by atoms with Gasteiger partial charge in [0.05, 0.1) is 5.75 Å². The van der Waals surface area contributed by atoms with E-state index in [-0.39, 0.29) is 5.75 Å². The maximum atomic E-state index is 10.2. The Balaban J connectivity index is 2.47. The van der Waals surface area contributed by atoms with E-state index in [0.29, 0.717) is 4.34 Å². The van der Waals surface area contributed by atoms with E-state index in [2.05, 4.69) is 10.2 Å². The third kappa shape index (κ3) is 3.00. The highest BCUT2D eigenvalue weighted by Gasteiger charge is 2.05. The summed E-state index contributed by atoms with van der Waals surface area (Å²) in [4.78, 5) is 10.2. The lowest BCUT2D eigenvalue weighted by molar-refractivity contribution is -0.133. The number of aliphatic carboxylic acids is 1. The van der Waals surface area contributed by atoms with Crippen molar-refractivity contribution < 1.29 is 9.90 Å². The van der Waals surface area contributed by atoms with Crippen LogP contribution >= 0.6 is 34.9 Å². The first-order valence-electron chi connectivity index (χ1n) is 2.94. The molecule has 12 heavy (non-hydrogen) atoms. The summed E-state index contributed by atoms with van der Waals surface area (Å²) in [5.41, 5.74) is 0. The third-order valence-corrected chi connectivity index (χ3v) is 3.90. The highest BCUT2D eigenvalue weighted by atomic mass is 32.2. The van der Waals surface area contributed by atoms with Crippen LogP contribution in [0.25, 0.3) is 0 Å². The minimum atomic E-state index is -0.832. The van der Waals surface area contributed by atoms with Gasteiger partial charge in [0.25, 0.3) is 0 Å². The van der Waals surface area contributed by atoms with Gasteiger partial charge in [-0.25, -0.2) is 0 Å². The van der Waals surface area contributed by atoms with Crippen molar-refractivity contribution in [2.45, 2.75) is 8.68 Å². The molecule has 0 fully saturated rings. The standard InChI is InChI=1S/C5H6N2O2S3/c1-10-4-6-7-5(12-4)11-2-3(8)9/h2H2,1H3,(H,8,9). The van der Waals surface area contributed by atoms with Crippen LogP contribution in [0, 0.1) is 0 Å². The first-order chi connectivity index (χ1) is 5.72. The summed E-state index contributed by atoms with van der Waals surface area (Å²) >= 11 is 4.12. The number of aromatic nitrogens is 2. The van der Waals surface area contributed by atoms with Crippen LogP contribution in [0.4, 0.5) is 0 Å². The zero-order valence-electron chi connectivity index (χ0n) is 6.18. The number of nitrogens with zero attached hydrogens (tertiary/aromatic N) is 2. The molecule has 0 saturated heterocycles. The average molecular weight is 222 g/mol. The lowest BCUT2D eigenvalue weighted by atomic mass is 10.8. The minimum Gasteiger partial charge on any atom is -0.481 e. The fourth-order valence-corrected chi connectivity index (χ4v) is 2.62. The van der Waals surface area contributed by atoms with E-state index in [9.17, 15) is 4.79 Å². The van der Waals surface area contributed by atoms with E-state index >= 15 is 0 Å². The summed E-state index contributed by atoms with van der Waals surface area (Å²) < 4.78 is 1.57. The molecule has 66 valence electrons. The topological polar surface area (TPSA) is 63.1 Å². The summed E-state index contributed by atoms with van der Waals surface area (Å²) in [6.07, 6.45) is 1.91. The Labute approximate surface area is 81.8 Å². The molecule has 0 saturated carbocycles. The van der Waals surface area contributed by atoms with Crippen molar-refractivity contribution in [3.63, 3.8) is 0 Å². The average Bonchev–Trinajstić information content (AvgIpc) is 2.48. The van der Waals surface area contributed by atoms with Gasteiger partial charge in [-0.15, -0.1) is 10.2 Å². The van der Waals surface area contributed by atoms with Gasteiger partial charge in [0.15, 0.2) is 8.68 Å². The zero-order valence-corrected chi connectivity index (χ0v) is 8.63. The van der Waals surface area contributed by atoms with Gasteiger partial charge in [-0.05, 0) is 6.26 Å². The van der Waals surface area contributed by atoms with Crippen LogP contribution in [0.1, 0.15) is 0 Å². The van der Waals surface area contributed by atoms with E-state index < -0.39 is 5.97 Å². The second kappa shape index (κ2) is 4.68. The molecule has 1 aromatic rings. The van der Waals surface area contributed by atoms with E-state index in [1.165, 1.54) is 34.9 Å². The zero-order chi connectivity index (χ0) is 8.97. The van der Waals surface area contributed by atoms with Crippen molar-refractivity contribution in [1.29, 1.82) is 0 Å². The van der Waals surface area contributed by atoms with Gasteiger partial charge in [-0.3, -0.25) is 4.79 Å². The predicted molar refractivity (Wildman–Crippen MR) is 50.0 cm³/mol. The van der Waals surface area contributed by atoms with E-state index in [1.54, 1.807) is 0 Å². The van der Waals surface area contributed by atoms with Crippen LogP contribution in [0.3, 0.4) is 0 Å². The largest absolute Gasteiger partial charge is 0.481 e. The summed E-state index contributed by atoms with van der Waals surface area (Å²) in [7, 11) is 0. The van der Waals surface area contributed by atoms with Crippen molar-refractivity contribution in [1.82, 2.24) is 10.2 Å². The van der Waals surface area contributed by atoms with Crippen LogP contribution in [0.2, 0.25) is 0 Å². The highest BCUT2D eigenvalue weighted by molar-refractivity contribution is 8.03. The van der Waals surface area contributed by atoms with Crippen molar-refractivity contribution in [3.05, 3.63) is 0 Å². The number of carbonyl (C=O) groups is 1. The minimum absolute atomic E-state index is 0.0447. The maximum absolute atomic E-state index is 10.2. The fourth-order valence-electron chi connectivity index (χ4n) is 0.461. The van der Waals surface area contributed by atoms with E-state index in [4.69, 9.17) is 5.11 Å². The molecule has 1 aromatic heterocycles. The molecule has 4 nitrogen and oxygen atoms in total. The molecular weight excluding hydrogens is 216 g/mol. The normalized spacial score (nSPS) is 10.1.